The summed E-state index contributed by atoms with van der Waals surface area (Å²) in [6, 6.07) is 10.5. The van der Waals surface area contributed by atoms with Crippen molar-refractivity contribution in [3.8, 4) is 11.3 Å². The molecule has 0 saturated heterocycles. The summed E-state index contributed by atoms with van der Waals surface area (Å²) in [7, 11) is 0. The first kappa shape index (κ1) is 13.2. The van der Waals surface area contributed by atoms with Gasteiger partial charge in [0, 0.05) is 10.7 Å². The molecule has 0 bridgehead atoms. The summed E-state index contributed by atoms with van der Waals surface area (Å²) < 4.78 is 0. The number of carboxylic acids is 1. The van der Waals surface area contributed by atoms with E-state index in [1.807, 2.05) is 12.1 Å². The summed E-state index contributed by atoms with van der Waals surface area (Å²) in [6.45, 7) is -0.409. The van der Waals surface area contributed by atoms with Gasteiger partial charge in [-0.1, -0.05) is 23.7 Å². The number of rotatable bonds is 4. The molecule has 0 saturated carbocycles. The second-order valence-corrected chi connectivity index (χ2v) is 4.31. The lowest BCUT2D eigenvalue weighted by Crippen LogP contribution is -2.29. The van der Waals surface area contributed by atoms with Gasteiger partial charge in [-0.2, -0.15) is 0 Å². The van der Waals surface area contributed by atoms with Crippen LogP contribution in [0.25, 0.3) is 11.3 Å². The SMILES string of the molecule is O=C(O)CNC(=O)c1ccc(-c2ccc(Cl)cc2)[nH]1. The number of carboxylic acid groups (broad SMARTS) is 1. The van der Waals surface area contributed by atoms with Gasteiger partial charge in [-0.05, 0) is 29.8 Å². The van der Waals surface area contributed by atoms with E-state index in [0.717, 1.165) is 11.3 Å². The van der Waals surface area contributed by atoms with Crippen LogP contribution in [0, 0.1) is 0 Å². The van der Waals surface area contributed by atoms with E-state index in [1.54, 1.807) is 24.3 Å². The van der Waals surface area contributed by atoms with Gasteiger partial charge >= 0.3 is 5.97 Å². The van der Waals surface area contributed by atoms with Crippen LogP contribution >= 0.6 is 11.6 Å². The van der Waals surface area contributed by atoms with Crippen molar-refractivity contribution in [2.75, 3.05) is 6.54 Å². The van der Waals surface area contributed by atoms with Gasteiger partial charge in [-0.15, -0.1) is 0 Å². The van der Waals surface area contributed by atoms with Gasteiger partial charge in [0.2, 0.25) is 0 Å². The maximum Gasteiger partial charge on any atom is 0.322 e. The van der Waals surface area contributed by atoms with E-state index in [2.05, 4.69) is 10.3 Å². The molecular formula is C13H11ClN2O3. The third kappa shape index (κ3) is 3.35. The maximum absolute atomic E-state index is 11.6. The molecule has 0 aliphatic heterocycles. The normalized spacial score (nSPS) is 10.2. The van der Waals surface area contributed by atoms with Gasteiger partial charge in [0.05, 0.1) is 0 Å². The van der Waals surface area contributed by atoms with Crippen molar-refractivity contribution >= 4 is 23.5 Å². The Balaban J connectivity index is 2.12. The first-order chi connectivity index (χ1) is 9.06. The summed E-state index contributed by atoms with van der Waals surface area (Å²) in [5, 5.41) is 11.4. The number of hydrogen-bond donors (Lipinski definition) is 3. The van der Waals surface area contributed by atoms with E-state index in [4.69, 9.17) is 16.7 Å². The maximum atomic E-state index is 11.6. The second-order valence-electron chi connectivity index (χ2n) is 3.87. The molecule has 0 radical (unpaired) electrons. The lowest BCUT2D eigenvalue weighted by molar-refractivity contribution is -0.135. The fraction of sp³-hybridized carbons (Fsp3) is 0.0769. The van der Waals surface area contributed by atoms with E-state index in [1.165, 1.54) is 0 Å². The molecule has 19 heavy (non-hydrogen) atoms. The molecule has 2 rings (SSSR count). The first-order valence-corrected chi connectivity index (χ1v) is 5.89. The molecule has 0 aliphatic rings. The summed E-state index contributed by atoms with van der Waals surface area (Å²) in [4.78, 5) is 24.9. The van der Waals surface area contributed by atoms with Gasteiger partial charge in [-0.3, -0.25) is 9.59 Å². The Labute approximate surface area is 114 Å². The molecule has 0 fully saturated rings. The van der Waals surface area contributed by atoms with Crippen LogP contribution in [0.1, 0.15) is 10.5 Å². The molecule has 0 spiro atoms. The highest BCUT2D eigenvalue weighted by molar-refractivity contribution is 6.30. The monoisotopic (exact) mass is 278 g/mol. The van der Waals surface area contributed by atoms with Gasteiger partial charge in [0.25, 0.3) is 5.91 Å². The van der Waals surface area contributed by atoms with Crippen molar-refractivity contribution in [1.82, 2.24) is 10.3 Å². The average Bonchev–Trinajstić information content (AvgIpc) is 2.86. The molecule has 98 valence electrons. The third-order valence-electron chi connectivity index (χ3n) is 2.49. The van der Waals surface area contributed by atoms with Gasteiger partial charge < -0.3 is 15.4 Å². The van der Waals surface area contributed by atoms with Crippen LogP contribution in [0.15, 0.2) is 36.4 Å². The van der Waals surface area contributed by atoms with Crippen LogP contribution < -0.4 is 5.32 Å². The molecule has 5 nitrogen and oxygen atoms in total. The van der Waals surface area contributed by atoms with Crippen molar-refractivity contribution in [3.05, 3.63) is 47.1 Å². The molecule has 2 aromatic rings. The molecule has 1 heterocycles. The fourth-order valence-corrected chi connectivity index (χ4v) is 1.70. The van der Waals surface area contributed by atoms with Crippen molar-refractivity contribution in [1.29, 1.82) is 0 Å². The van der Waals surface area contributed by atoms with Crippen molar-refractivity contribution in [2.45, 2.75) is 0 Å². The number of halogens is 1. The summed E-state index contributed by atoms with van der Waals surface area (Å²) >= 11 is 5.80. The first-order valence-electron chi connectivity index (χ1n) is 5.51. The highest BCUT2D eigenvalue weighted by Crippen LogP contribution is 2.20. The Kier molecular flexibility index (Phi) is 3.87. The molecule has 6 heteroatoms. The van der Waals surface area contributed by atoms with Gasteiger partial charge in [-0.25, -0.2) is 0 Å². The van der Waals surface area contributed by atoms with Crippen molar-refractivity contribution < 1.29 is 14.7 Å². The lowest BCUT2D eigenvalue weighted by atomic mass is 10.2. The Bertz CT molecular complexity index is 605. The predicted molar refractivity (Wildman–Crippen MR) is 71.2 cm³/mol. The number of benzene rings is 1. The van der Waals surface area contributed by atoms with Crippen LogP contribution in [-0.4, -0.2) is 28.5 Å². The molecule has 1 aromatic carbocycles. The summed E-state index contributed by atoms with van der Waals surface area (Å²) in [5.41, 5.74) is 1.96. The minimum absolute atomic E-state index is 0.311. The molecule has 0 unspecified atom stereocenters. The predicted octanol–water partition coefficient (Wildman–Crippen LogP) is 2.15. The van der Waals surface area contributed by atoms with E-state index >= 15 is 0 Å². The smallest absolute Gasteiger partial charge is 0.322 e. The van der Waals surface area contributed by atoms with Crippen LogP contribution in [-0.2, 0) is 4.79 Å². The zero-order valence-electron chi connectivity index (χ0n) is 9.81. The Morgan fingerprint density at radius 2 is 1.84 bits per heavy atom. The number of carbonyl (C=O) groups excluding carboxylic acids is 1. The molecule has 3 N–H and O–H groups in total. The number of hydrogen-bond acceptors (Lipinski definition) is 2. The Morgan fingerprint density at radius 3 is 2.47 bits per heavy atom. The topological polar surface area (TPSA) is 82.2 Å². The van der Waals surface area contributed by atoms with Gasteiger partial charge in [0.15, 0.2) is 0 Å². The quantitative estimate of drug-likeness (QED) is 0.801. The fourth-order valence-electron chi connectivity index (χ4n) is 1.58. The number of amides is 1. The molecule has 0 atom stereocenters. The molecule has 1 amide bonds. The standard InChI is InChI=1S/C13H11ClN2O3/c14-9-3-1-8(2-4-9)10-5-6-11(16-10)13(19)15-7-12(17)18/h1-6,16H,7H2,(H,15,19)(H,17,18). The zero-order valence-corrected chi connectivity index (χ0v) is 10.6. The van der Waals surface area contributed by atoms with Crippen LogP contribution in [0.5, 0.6) is 0 Å². The van der Waals surface area contributed by atoms with E-state index in [-0.39, 0.29) is 0 Å². The summed E-state index contributed by atoms with van der Waals surface area (Å²) in [6.07, 6.45) is 0. The minimum Gasteiger partial charge on any atom is -0.480 e. The second kappa shape index (κ2) is 5.58. The number of carbonyl (C=O) groups is 2. The largest absolute Gasteiger partial charge is 0.480 e. The number of aromatic amines is 1. The Morgan fingerprint density at radius 1 is 1.16 bits per heavy atom. The van der Waals surface area contributed by atoms with E-state index in [9.17, 15) is 9.59 Å². The van der Waals surface area contributed by atoms with Crippen molar-refractivity contribution in [3.63, 3.8) is 0 Å². The number of H-pyrrole nitrogens is 1. The molecular weight excluding hydrogens is 268 g/mol. The zero-order chi connectivity index (χ0) is 13.8. The number of aliphatic carboxylic acids is 1. The van der Waals surface area contributed by atoms with E-state index in [0.29, 0.717) is 10.7 Å². The highest BCUT2D eigenvalue weighted by atomic mass is 35.5. The third-order valence-corrected chi connectivity index (χ3v) is 2.74. The van der Waals surface area contributed by atoms with Gasteiger partial charge in [0.1, 0.15) is 12.2 Å². The highest BCUT2D eigenvalue weighted by Gasteiger charge is 2.10. The molecule has 0 aliphatic carbocycles. The number of nitrogens with one attached hydrogen (secondary N) is 2. The molecule has 1 aromatic heterocycles. The van der Waals surface area contributed by atoms with Crippen LogP contribution in [0.3, 0.4) is 0 Å². The number of aromatic nitrogens is 1. The van der Waals surface area contributed by atoms with Crippen LogP contribution in [0.4, 0.5) is 0 Å². The minimum atomic E-state index is -1.09. The van der Waals surface area contributed by atoms with Crippen LogP contribution in [0.2, 0.25) is 5.02 Å². The summed E-state index contributed by atoms with van der Waals surface area (Å²) in [5.74, 6) is -1.54. The van der Waals surface area contributed by atoms with E-state index < -0.39 is 18.4 Å². The lowest BCUT2D eigenvalue weighted by Gasteiger charge is -2.00. The Hall–Kier alpha value is -2.27. The average molecular weight is 279 g/mol. The van der Waals surface area contributed by atoms with Crippen molar-refractivity contribution in [2.24, 2.45) is 0 Å².